The van der Waals surface area contributed by atoms with Gasteiger partial charge in [0.1, 0.15) is 0 Å². The summed E-state index contributed by atoms with van der Waals surface area (Å²) in [6.07, 6.45) is 18.3. The minimum atomic E-state index is 0.473. The highest BCUT2D eigenvalue weighted by Crippen LogP contribution is 2.61. The summed E-state index contributed by atoms with van der Waals surface area (Å²) in [7, 11) is 0. The summed E-state index contributed by atoms with van der Waals surface area (Å²) in [5.41, 5.74) is 0.945. The van der Waals surface area contributed by atoms with Crippen LogP contribution in [0.1, 0.15) is 77.0 Å². The normalized spacial score (nSPS) is 63.4. The van der Waals surface area contributed by atoms with Crippen LogP contribution in [0, 0.1) is 35.5 Å². The Labute approximate surface area is 129 Å². The van der Waals surface area contributed by atoms with Gasteiger partial charge in [-0.25, -0.2) is 5.32 Å². The molecular formula is C20H30N. The molecule has 0 N–H and O–H groups in total. The zero-order valence-electron chi connectivity index (χ0n) is 13.4. The minimum absolute atomic E-state index is 0.473. The Morgan fingerprint density at radius 2 is 0.667 bits per heavy atom. The third kappa shape index (κ3) is 1.79. The fourth-order valence-electron chi connectivity index (χ4n) is 8.91. The van der Waals surface area contributed by atoms with Crippen LogP contribution >= 0.6 is 0 Å². The van der Waals surface area contributed by atoms with E-state index in [4.69, 9.17) is 5.32 Å². The first kappa shape index (κ1) is 12.4. The molecule has 0 saturated heterocycles. The zero-order chi connectivity index (χ0) is 13.7. The summed E-state index contributed by atoms with van der Waals surface area (Å²) in [6.45, 7) is 0. The van der Waals surface area contributed by atoms with Gasteiger partial charge in [0.15, 0.2) is 0 Å². The van der Waals surface area contributed by atoms with E-state index >= 15 is 0 Å². The minimum Gasteiger partial charge on any atom is -0.228 e. The van der Waals surface area contributed by atoms with Crippen LogP contribution < -0.4 is 5.32 Å². The lowest BCUT2D eigenvalue weighted by Crippen LogP contribution is -2.65. The van der Waals surface area contributed by atoms with E-state index in [2.05, 4.69) is 0 Å². The summed E-state index contributed by atoms with van der Waals surface area (Å²) in [5, 5.41) is 5.86. The number of nitrogens with zero attached hydrogens (tertiary/aromatic N) is 1. The second-order valence-corrected chi connectivity index (χ2v) is 10.4. The van der Waals surface area contributed by atoms with Gasteiger partial charge in [-0.1, -0.05) is 0 Å². The lowest BCUT2D eigenvalue weighted by atomic mass is 9.49. The smallest absolute Gasteiger partial charge is 0.0371 e. The van der Waals surface area contributed by atoms with Crippen LogP contribution in [-0.4, -0.2) is 11.1 Å². The topological polar surface area (TPSA) is 14.1 Å². The summed E-state index contributed by atoms with van der Waals surface area (Å²) in [4.78, 5) is 0. The molecule has 8 saturated carbocycles. The van der Waals surface area contributed by atoms with Crippen LogP contribution in [0.5, 0.6) is 0 Å². The van der Waals surface area contributed by atoms with E-state index in [9.17, 15) is 0 Å². The predicted molar refractivity (Wildman–Crippen MR) is 83.9 cm³/mol. The van der Waals surface area contributed by atoms with Crippen LogP contribution in [-0.2, 0) is 0 Å². The molecule has 0 aromatic heterocycles. The summed E-state index contributed by atoms with van der Waals surface area (Å²) in [6, 6.07) is 0. The highest BCUT2D eigenvalue weighted by molar-refractivity contribution is 5.13. The summed E-state index contributed by atoms with van der Waals surface area (Å²) in [5.74, 6) is 6.38. The van der Waals surface area contributed by atoms with Crippen molar-refractivity contribution in [2.45, 2.75) is 88.1 Å². The number of hydrogen-bond donors (Lipinski definition) is 0. The van der Waals surface area contributed by atoms with Crippen molar-refractivity contribution in [2.75, 3.05) is 0 Å². The van der Waals surface area contributed by atoms with Crippen molar-refractivity contribution < 1.29 is 0 Å². The van der Waals surface area contributed by atoms with Gasteiger partial charge >= 0.3 is 0 Å². The van der Waals surface area contributed by atoms with Gasteiger partial charge in [-0.05, 0) is 113 Å². The van der Waals surface area contributed by atoms with Gasteiger partial charge in [0.2, 0.25) is 0 Å². The second kappa shape index (κ2) is 3.89. The fourth-order valence-corrected chi connectivity index (χ4v) is 8.91. The molecule has 1 nitrogen and oxygen atoms in total. The fraction of sp³-hybridized carbons (Fsp3) is 1.00. The van der Waals surface area contributed by atoms with Crippen molar-refractivity contribution in [3.63, 3.8) is 0 Å². The van der Waals surface area contributed by atoms with Crippen molar-refractivity contribution in [3.05, 3.63) is 0 Å². The van der Waals surface area contributed by atoms with Crippen LogP contribution in [0.15, 0.2) is 0 Å². The number of hydrogen-bond acceptors (Lipinski definition) is 0. The molecule has 115 valence electrons. The molecule has 0 aromatic rings. The Hall–Kier alpha value is -0.0400. The maximum atomic E-state index is 5.86. The van der Waals surface area contributed by atoms with E-state index in [1.807, 2.05) is 0 Å². The highest BCUT2D eigenvalue weighted by atomic mass is 15.1. The van der Waals surface area contributed by atoms with Crippen molar-refractivity contribution in [1.82, 2.24) is 5.32 Å². The molecule has 1 heteroatoms. The third-order valence-electron chi connectivity index (χ3n) is 8.49. The van der Waals surface area contributed by atoms with E-state index in [0.29, 0.717) is 11.1 Å². The summed E-state index contributed by atoms with van der Waals surface area (Å²) >= 11 is 0. The molecule has 0 spiro atoms. The van der Waals surface area contributed by atoms with E-state index in [1.165, 1.54) is 38.5 Å². The highest BCUT2D eigenvalue weighted by Gasteiger charge is 2.58. The Kier molecular flexibility index (Phi) is 2.29. The Balaban J connectivity index is 1.31. The average Bonchev–Trinajstić information content (AvgIpc) is 2.33. The van der Waals surface area contributed by atoms with Crippen molar-refractivity contribution >= 4 is 0 Å². The molecule has 0 heterocycles. The van der Waals surface area contributed by atoms with Crippen molar-refractivity contribution in [1.29, 1.82) is 0 Å². The van der Waals surface area contributed by atoms with Crippen LogP contribution in [0.25, 0.3) is 0 Å². The molecular weight excluding hydrogens is 254 g/mol. The van der Waals surface area contributed by atoms with Crippen molar-refractivity contribution in [3.8, 4) is 0 Å². The molecule has 8 bridgehead atoms. The van der Waals surface area contributed by atoms with Gasteiger partial charge in [0.05, 0.1) is 0 Å². The standard InChI is InChI=1S/C20H30N/c1-13-2-15-3-14(1)8-19(7-13,9-15)21-20-10-16-4-17(11-20)6-18(5-16)12-20/h13-18H,1-12H2. The van der Waals surface area contributed by atoms with Gasteiger partial charge in [0, 0.05) is 11.1 Å². The third-order valence-corrected chi connectivity index (χ3v) is 8.49. The van der Waals surface area contributed by atoms with Gasteiger partial charge in [0.25, 0.3) is 0 Å². The second-order valence-electron chi connectivity index (χ2n) is 10.4. The maximum absolute atomic E-state index is 5.86. The van der Waals surface area contributed by atoms with Crippen LogP contribution in [0.4, 0.5) is 0 Å². The largest absolute Gasteiger partial charge is 0.228 e. The van der Waals surface area contributed by atoms with Gasteiger partial charge in [-0.15, -0.1) is 0 Å². The van der Waals surface area contributed by atoms with E-state index < -0.39 is 0 Å². The van der Waals surface area contributed by atoms with Crippen molar-refractivity contribution in [2.24, 2.45) is 35.5 Å². The van der Waals surface area contributed by atoms with Crippen LogP contribution in [0.3, 0.4) is 0 Å². The first-order valence-corrected chi connectivity index (χ1v) is 9.92. The molecule has 1 radical (unpaired) electrons. The van der Waals surface area contributed by atoms with Gasteiger partial charge in [-0.3, -0.25) is 0 Å². The van der Waals surface area contributed by atoms with Crippen LogP contribution in [0.2, 0.25) is 0 Å². The van der Waals surface area contributed by atoms with E-state index in [0.717, 1.165) is 35.5 Å². The predicted octanol–water partition coefficient (Wildman–Crippen LogP) is 4.53. The maximum Gasteiger partial charge on any atom is 0.0371 e. The summed E-state index contributed by atoms with van der Waals surface area (Å²) < 4.78 is 0. The molecule has 0 unspecified atom stereocenters. The monoisotopic (exact) mass is 284 g/mol. The quantitative estimate of drug-likeness (QED) is 0.707. The lowest BCUT2D eigenvalue weighted by Gasteiger charge is -2.63. The lowest BCUT2D eigenvalue weighted by molar-refractivity contribution is -0.0849. The Morgan fingerprint density at radius 3 is 0.905 bits per heavy atom. The molecule has 8 aliphatic carbocycles. The Bertz CT molecular complexity index is 352. The first-order chi connectivity index (χ1) is 10.2. The molecule has 0 atom stereocenters. The molecule has 8 fully saturated rings. The molecule has 8 aliphatic rings. The van der Waals surface area contributed by atoms with E-state index in [1.54, 1.807) is 38.5 Å². The average molecular weight is 284 g/mol. The first-order valence-electron chi connectivity index (χ1n) is 9.92. The molecule has 0 aliphatic heterocycles. The van der Waals surface area contributed by atoms with E-state index in [-0.39, 0.29) is 0 Å². The number of rotatable bonds is 2. The van der Waals surface area contributed by atoms with Gasteiger partial charge in [-0.2, -0.15) is 0 Å². The molecule has 0 amide bonds. The zero-order valence-corrected chi connectivity index (χ0v) is 13.4. The molecule has 8 rings (SSSR count). The molecule has 0 aromatic carbocycles. The Morgan fingerprint density at radius 1 is 0.429 bits per heavy atom. The SMILES string of the molecule is C1C2CC3CC1CC([N]C14CC5CC(CC(C5)C1)C4)(C2)C3. The molecule has 21 heavy (non-hydrogen) atoms. The van der Waals surface area contributed by atoms with Gasteiger partial charge < -0.3 is 0 Å².